The lowest BCUT2D eigenvalue weighted by molar-refractivity contribution is -0.131. The first-order valence-corrected chi connectivity index (χ1v) is 7.72. The zero-order chi connectivity index (χ0) is 15.1. The van der Waals surface area contributed by atoms with Gasteiger partial charge in [-0.25, -0.2) is 0 Å². The minimum Gasteiger partial charge on any atom is -0.355 e. The van der Waals surface area contributed by atoms with Crippen molar-refractivity contribution in [1.29, 1.82) is 0 Å². The first kappa shape index (κ1) is 18.4. The van der Waals surface area contributed by atoms with Crippen LogP contribution in [-0.4, -0.2) is 19.0 Å². The van der Waals surface area contributed by atoms with E-state index < -0.39 is 0 Å². The molecule has 0 fully saturated rings. The van der Waals surface area contributed by atoms with Crippen LogP contribution in [0.25, 0.3) is 0 Å². The standard InChI is InChI=1S/C16H34N2O/c1-7-9-16(12-17,10-8-2)14(19)18-11-13(3)15(4,5)6/h13H,7-12,17H2,1-6H3,(H,18,19). The quantitative estimate of drug-likeness (QED) is 0.711. The van der Waals surface area contributed by atoms with E-state index in [1.165, 1.54) is 0 Å². The van der Waals surface area contributed by atoms with Crippen LogP contribution in [0, 0.1) is 16.7 Å². The van der Waals surface area contributed by atoms with Crippen molar-refractivity contribution in [2.45, 2.75) is 67.2 Å². The summed E-state index contributed by atoms with van der Waals surface area (Å²) in [6, 6.07) is 0. The predicted octanol–water partition coefficient (Wildman–Crippen LogP) is 3.33. The van der Waals surface area contributed by atoms with Gasteiger partial charge in [0, 0.05) is 13.1 Å². The van der Waals surface area contributed by atoms with E-state index in [0.717, 1.165) is 32.2 Å². The van der Waals surface area contributed by atoms with Crippen LogP contribution in [0.1, 0.15) is 67.2 Å². The van der Waals surface area contributed by atoms with Crippen molar-refractivity contribution in [3.8, 4) is 0 Å². The van der Waals surface area contributed by atoms with Crippen molar-refractivity contribution in [3.63, 3.8) is 0 Å². The highest BCUT2D eigenvalue weighted by Gasteiger charge is 2.35. The minimum absolute atomic E-state index is 0.148. The highest BCUT2D eigenvalue weighted by molar-refractivity contribution is 5.82. The molecule has 0 aromatic carbocycles. The summed E-state index contributed by atoms with van der Waals surface area (Å²) < 4.78 is 0. The molecule has 0 aliphatic rings. The van der Waals surface area contributed by atoms with Crippen LogP contribution in [0.4, 0.5) is 0 Å². The van der Waals surface area contributed by atoms with Crippen LogP contribution in [0.5, 0.6) is 0 Å². The molecule has 1 amide bonds. The van der Waals surface area contributed by atoms with Gasteiger partial charge in [0.2, 0.25) is 5.91 Å². The molecule has 0 radical (unpaired) electrons. The summed E-state index contributed by atoms with van der Waals surface area (Å²) in [4.78, 5) is 12.5. The summed E-state index contributed by atoms with van der Waals surface area (Å²) in [5.41, 5.74) is 5.77. The Morgan fingerprint density at radius 2 is 1.63 bits per heavy atom. The SMILES string of the molecule is CCCC(CN)(CCC)C(=O)NCC(C)C(C)(C)C. The van der Waals surface area contributed by atoms with Gasteiger partial charge in [-0.2, -0.15) is 0 Å². The molecule has 0 saturated carbocycles. The van der Waals surface area contributed by atoms with E-state index in [0.29, 0.717) is 12.5 Å². The molecule has 1 unspecified atom stereocenters. The molecule has 1 atom stereocenters. The predicted molar refractivity (Wildman–Crippen MR) is 82.9 cm³/mol. The fourth-order valence-electron chi connectivity index (χ4n) is 2.35. The topological polar surface area (TPSA) is 55.1 Å². The maximum absolute atomic E-state index is 12.5. The van der Waals surface area contributed by atoms with E-state index in [1.54, 1.807) is 0 Å². The van der Waals surface area contributed by atoms with E-state index in [9.17, 15) is 4.79 Å². The van der Waals surface area contributed by atoms with Crippen LogP contribution in [0.15, 0.2) is 0 Å². The fraction of sp³-hybridized carbons (Fsp3) is 0.938. The fourth-order valence-corrected chi connectivity index (χ4v) is 2.35. The molecule has 0 rings (SSSR count). The molecule has 0 saturated heterocycles. The Morgan fingerprint density at radius 1 is 1.16 bits per heavy atom. The monoisotopic (exact) mass is 270 g/mol. The molecule has 0 bridgehead atoms. The number of carbonyl (C=O) groups excluding carboxylic acids is 1. The van der Waals surface area contributed by atoms with Gasteiger partial charge in [0.25, 0.3) is 0 Å². The molecule has 3 heteroatoms. The van der Waals surface area contributed by atoms with Crippen molar-refractivity contribution in [1.82, 2.24) is 5.32 Å². The van der Waals surface area contributed by atoms with Crippen molar-refractivity contribution < 1.29 is 4.79 Å². The molecule has 0 aliphatic carbocycles. The van der Waals surface area contributed by atoms with Gasteiger partial charge in [-0.05, 0) is 24.2 Å². The number of carbonyl (C=O) groups is 1. The van der Waals surface area contributed by atoms with Crippen LogP contribution in [0.3, 0.4) is 0 Å². The third-order valence-corrected chi connectivity index (χ3v) is 4.38. The molecule has 0 heterocycles. The van der Waals surface area contributed by atoms with Gasteiger partial charge >= 0.3 is 0 Å². The summed E-state index contributed by atoms with van der Waals surface area (Å²) in [6.07, 6.45) is 3.76. The van der Waals surface area contributed by atoms with E-state index in [4.69, 9.17) is 5.73 Å². The Labute approximate surface area is 119 Å². The molecule has 3 nitrogen and oxygen atoms in total. The molecule has 0 spiro atoms. The summed E-state index contributed by atoms with van der Waals surface area (Å²) in [7, 11) is 0. The van der Waals surface area contributed by atoms with Gasteiger partial charge in [0.15, 0.2) is 0 Å². The zero-order valence-electron chi connectivity index (χ0n) is 13.8. The average molecular weight is 270 g/mol. The third-order valence-electron chi connectivity index (χ3n) is 4.38. The molecular weight excluding hydrogens is 236 g/mol. The maximum Gasteiger partial charge on any atom is 0.227 e. The Bertz CT molecular complexity index is 262. The Kier molecular flexibility index (Phi) is 7.65. The number of amides is 1. The van der Waals surface area contributed by atoms with Gasteiger partial charge in [-0.1, -0.05) is 54.4 Å². The Morgan fingerprint density at radius 3 is 1.95 bits per heavy atom. The second-order valence-electron chi connectivity index (χ2n) is 6.96. The van der Waals surface area contributed by atoms with Gasteiger partial charge in [-0.3, -0.25) is 4.79 Å². The van der Waals surface area contributed by atoms with Crippen LogP contribution >= 0.6 is 0 Å². The Balaban J connectivity index is 4.65. The van der Waals surface area contributed by atoms with Crippen molar-refractivity contribution in [3.05, 3.63) is 0 Å². The Hall–Kier alpha value is -0.570. The summed E-state index contributed by atoms with van der Waals surface area (Å²) in [5.74, 6) is 0.602. The van der Waals surface area contributed by atoms with Gasteiger partial charge in [-0.15, -0.1) is 0 Å². The highest BCUT2D eigenvalue weighted by atomic mass is 16.2. The molecule has 114 valence electrons. The second-order valence-corrected chi connectivity index (χ2v) is 6.96. The molecular formula is C16H34N2O. The lowest BCUT2D eigenvalue weighted by Gasteiger charge is -2.33. The first-order valence-electron chi connectivity index (χ1n) is 7.72. The van der Waals surface area contributed by atoms with E-state index in [1.807, 2.05) is 0 Å². The lowest BCUT2D eigenvalue weighted by Crippen LogP contribution is -2.47. The highest BCUT2D eigenvalue weighted by Crippen LogP contribution is 2.30. The number of nitrogens with two attached hydrogens (primary N) is 1. The minimum atomic E-state index is -0.360. The summed E-state index contributed by atoms with van der Waals surface area (Å²) >= 11 is 0. The lowest BCUT2D eigenvalue weighted by atomic mass is 9.77. The smallest absolute Gasteiger partial charge is 0.227 e. The van der Waals surface area contributed by atoms with Crippen molar-refractivity contribution >= 4 is 5.91 Å². The number of hydrogen-bond donors (Lipinski definition) is 2. The molecule has 0 aromatic heterocycles. The summed E-state index contributed by atoms with van der Waals surface area (Å²) in [5, 5.41) is 3.13. The number of nitrogens with one attached hydrogen (secondary N) is 1. The van der Waals surface area contributed by atoms with E-state index >= 15 is 0 Å². The van der Waals surface area contributed by atoms with E-state index in [-0.39, 0.29) is 16.7 Å². The van der Waals surface area contributed by atoms with Crippen LogP contribution in [0.2, 0.25) is 0 Å². The summed E-state index contributed by atoms with van der Waals surface area (Å²) in [6.45, 7) is 14.2. The molecule has 3 N–H and O–H groups in total. The van der Waals surface area contributed by atoms with Crippen molar-refractivity contribution in [2.75, 3.05) is 13.1 Å². The average Bonchev–Trinajstić information content (AvgIpc) is 2.33. The maximum atomic E-state index is 12.5. The van der Waals surface area contributed by atoms with Crippen LogP contribution in [-0.2, 0) is 4.79 Å². The zero-order valence-corrected chi connectivity index (χ0v) is 13.8. The number of rotatable bonds is 8. The van der Waals surface area contributed by atoms with Crippen LogP contribution < -0.4 is 11.1 Å². The van der Waals surface area contributed by atoms with Gasteiger partial charge in [0.1, 0.15) is 0 Å². The number of hydrogen-bond acceptors (Lipinski definition) is 2. The molecule has 0 aliphatic heterocycles. The molecule has 0 aromatic rings. The van der Waals surface area contributed by atoms with E-state index in [2.05, 4.69) is 46.9 Å². The van der Waals surface area contributed by atoms with Gasteiger partial charge < -0.3 is 11.1 Å². The van der Waals surface area contributed by atoms with Gasteiger partial charge in [0.05, 0.1) is 5.41 Å². The molecule has 19 heavy (non-hydrogen) atoms. The second kappa shape index (κ2) is 7.88. The first-order chi connectivity index (χ1) is 8.73. The van der Waals surface area contributed by atoms with Crippen molar-refractivity contribution in [2.24, 2.45) is 22.5 Å². The third kappa shape index (κ3) is 5.52. The normalized spacial score (nSPS) is 14.3. The largest absolute Gasteiger partial charge is 0.355 e.